The molecule has 6 heteroatoms. The summed E-state index contributed by atoms with van der Waals surface area (Å²) in [5.74, 6) is -1.10. The molecule has 6 nitrogen and oxygen atoms in total. The minimum atomic E-state index is -0.577. The number of pyridine rings is 1. The molecule has 0 fully saturated rings. The van der Waals surface area contributed by atoms with E-state index in [9.17, 15) is 14.7 Å². The van der Waals surface area contributed by atoms with Crippen LogP contribution in [0.15, 0.2) is 23.1 Å². The first-order valence-corrected chi connectivity index (χ1v) is 8.05. The van der Waals surface area contributed by atoms with Gasteiger partial charge in [0.2, 0.25) is 5.88 Å². The quantitative estimate of drug-likeness (QED) is 0.768. The molecular formula is C17H23N3O3. The van der Waals surface area contributed by atoms with Crippen LogP contribution in [0.5, 0.6) is 5.88 Å². The fourth-order valence-corrected chi connectivity index (χ4v) is 2.50. The van der Waals surface area contributed by atoms with E-state index in [1.807, 2.05) is 0 Å². The van der Waals surface area contributed by atoms with E-state index in [2.05, 4.69) is 17.2 Å². The summed E-state index contributed by atoms with van der Waals surface area (Å²) in [7, 11) is 0. The highest BCUT2D eigenvalue weighted by Gasteiger charge is 2.19. The van der Waals surface area contributed by atoms with E-state index in [0.29, 0.717) is 12.2 Å². The Morgan fingerprint density at radius 1 is 1.30 bits per heavy atom. The minimum absolute atomic E-state index is 0.304. The number of carbonyl (C=O) groups excluding carboxylic acids is 1. The van der Waals surface area contributed by atoms with Crippen molar-refractivity contribution in [2.75, 3.05) is 6.54 Å². The van der Waals surface area contributed by atoms with E-state index in [1.165, 1.54) is 17.2 Å². The van der Waals surface area contributed by atoms with E-state index in [1.54, 1.807) is 25.3 Å². The molecule has 0 unspecified atom stereocenters. The molecule has 0 aliphatic heterocycles. The first-order chi connectivity index (χ1) is 11.1. The standard InChI is InChI=1S/C17H23N3O3/c1-3-4-5-6-7-10-18-15(21)13-16(22)19-14-12(2)9-8-11-20(14)17(13)23/h8-9,11,22H,3-7,10H2,1-2H3,(H,18,21). The summed E-state index contributed by atoms with van der Waals surface area (Å²) < 4.78 is 1.28. The van der Waals surface area contributed by atoms with Crippen molar-refractivity contribution >= 4 is 11.6 Å². The van der Waals surface area contributed by atoms with Gasteiger partial charge in [-0.05, 0) is 25.0 Å². The molecule has 2 N–H and O–H groups in total. The van der Waals surface area contributed by atoms with Crippen LogP contribution in [0.4, 0.5) is 0 Å². The van der Waals surface area contributed by atoms with Crippen LogP contribution in [-0.2, 0) is 0 Å². The Balaban J connectivity index is 2.13. The summed E-state index contributed by atoms with van der Waals surface area (Å²) in [4.78, 5) is 28.6. The van der Waals surface area contributed by atoms with E-state index >= 15 is 0 Å². The summed E-state index contributed by atoms with van der Waals surface area (Å²) in [6, 6.07) is 3.50. The van der Waals surface area contributed by atoms with Crippen LogP contribution in [0.1, 0.15) is 54.9 Å². The predicted octanol–water partition coefficient (Wildman–Crippen LogP) is 2.41. The second-order valence-electron chi connectivity index (χ2n) is 5.67. The highest BCUT2D eigenvalue weighted by atomic mass is 16.3. The maximum absolute atomic E-state index is 12.4. The Morgan fingerprint density at radius 3 is 2.78 bits per heavy atom. The molecule has 0 radical (unpaired) electrons. The maximum atomic E-state index is 12.4. The Labute approximate surface area is 135 Å². The molecular weight excluding hydrogens is 294 g/mol. The van der Waals surface area contributed by atoms with Crippen molar-refractivity contribution in [3.63, 3.8) is 0 Å². The molecule has 0 saturated carbocycles. The van der Waals surface area contributed by atoms with Crippen LogP contribution < -0.4 is 10.9 Å². The predicted molar refractivity (Wildman–Crippen MR) is 89.0 cm³/mol. The zero-order valence-electron chi connectivity index (χ0n) is 13.6. The topological polar surface area (TPSA) is 83.7 Å². The van der Waals surface area contributed by atoms with Gasteiger partial charge in [0.05, 0.1) is 0 Å². The average molecular weight is 317 g/mol. The molecule has 2 aromatic heterocycles. The summed E-state index contributed by atoms with van der Waals surface area (Å²) in [5, 5.41) is 12.7. The largest absolute Gasteiger partial charge is 0.493 e. The van der Waals surface area contributed by atoms with Crippen molar-refractivity contribution in [3.8, 4) is 5.88 Å². The van der Waals surface area contributed by atoms with Crippen LogP contribution in [0.3, 0.4) is 0 Å². The number of hydrogen-bond acceptors (Lipinski definition) is 4. The maximum Gasteiger partial charge on any atom is 0.274 e. The summed E-state index contributed by atoms with van der Waals surface area (Å²) in [6.45, 7) is 4.42. The van der Waals surface area contributed by atoms with Crippen molar-refractivity contribution in [1.82, 2.24) is 14.7 Å². The monoisotopic (exact) mass is 317 g/mol. The molecule has 1 amide bonds. The lowest BCUT2D eigenvalue weighted by molar-refractivity contribution is 0.0947. The van der Waals surface area contributed by atoms with Crippen LogP contribution in [0.2, 0.25) is 0 Å². The SMILES string of the molecule is CCCCCCCNC(=O)c1c(O)nc2c(C)cccn2c1=O. The van der Waals surface area contributed by atoms with Crippen LogP contribution >= 0.6 is 0 Å². The van der Waals surface area contributed by atoms with Gasteiger partial charge in [-0.1, -0.05) is 38.7 Å². The zero-order valence-corrected chi connectivity index (χ0v) is 13.6. The molecule has 0 aliphatic rings. The lowest BCUT2D eigenvalue weighted by Gasteiger charge is -2.09. The third kappa shape index (κ3) is 3.88. The number of rotatable bonds is 7. The second kappa shape index (κ2) is 7.76. The number of nitrogens with zero attached hydrogens (tertiary/aromatic N) is 2. The number of nitrogens with one attached hydrogen (secondary N) is 1. The van der Waals surface area contributed by atoms with Gasteiger partial charge in [0.1, 0.15) is 5.65 Å². The lowest BCUT2D eigenvalue weighted by atomic mass is 10.1. The van der Waals surface area contributed by atoms with Gasteiger partial charge in [0, 0.05) is 12.7 Å². The van der Waals surface area contributed by atoms with E-state index in [4.69, 9.17) is 0 Å². The van der Waals surface area contributed by atoms with Gasteiger partial charge >= 0.3 is 0 Å². The van der Waals surface area contributed by atoms with E-state index in [-0.39, 0.29) is 5.56 Å². The third-order valence-corrected chi connectivity index (χ3v) is 3.82. The lowest BCUT2D eigenvalue weighted by Crippen LogP contribution is -2.32. The second-order valence-corrected chi connectivity index (χ2v) is 5.67. The fourth-order valence-electron chi connectivity index (χ4n) is 2.50. The number of carbonyl (C=O) groups is 1. The van der Waals surface area contributed by atoms with Crippen molar-refractivity contribution in [2.45, 2.75) is 46.0 Å². The number of unbranched alkanes of at least 4 members (excludes halogenated alkanes) is 4. The molecule has 2 heterocycles. The molecule has 2 aromatic rings. The van der Waals surface area contributed by atoms with Crippen molar-refractivity contribution in [1.29, 1.82) is 0 Å². The highest BCUT2D eigenvalue weighted by molar-refractivity contribution is 5.96. The number of amides is 1. The Morgan fingerprint density at radius 2 is 2.04 bits per heavy atom. The van der Waals surface area contributed by atoms with Crippen LogP contribution in [-0.4, -0.2) is 26.9 Å². The first kappa shape index (κ1) is 17.0. The van der Waals surface area contributed by atoms with Crippen LogP contribution in [0, 0.1) is 6.92 Å². The van der Waals surface area contributed by atoms with Crippen molar-refractivity contribution in [2.24, 2.45) is 0 Å². The number of aryl methyl sites for hydroxylation is 1. The van der Waals surface area contributed by atoms with Gasteiger partial charge in [-0.25, -0.2) is 0 Å². The summed E-state index contributed by atoms with van der Waals surface area (Å²) >= 11 is 0. The van der Waals surface area contributed by atoms with Gasteiger partial charge in [-0.3, -0.25) is 14.0 Å². The van der Waals surface area contributed by atoms with Gasteiger partial charge in [0.15, 0.2) is 5.56 Å². The zero-order chi connectivity index (χ0) is 16.8. The Kier molecular flexibility index (Phi) is 5.73. The third-order valence-electron chi connectivity index (χ3n) is 3.82. The van der Waals surface area contributed by atoms with Gasteiger partial charge < -0.3 is 10.4 Å². The highest BCUT2D eigenvalue weighted by Crippen LogP contribution is 2.13. The molecule has 23 heavy (non-hydrogen) atoms. The summed E-state index contributed by atoms with van der Waals surface area (Å²) in [5.41, 5.74) is 0.246. The minimum Gasteiger partial charge on any atom is -0.493 e. The molecule has 0 bridgehead atoms. The number of fused-ring (bicyclic) bond motifs is 1. The molecule has 0 spiro atoms. The molecule has 2 rings (SSSR count). The number of aromatic nitrogens is 2. The van der Waals surface area contributed by atoms with Crippen LogP contribution in [0.25, 0.3) is 5.65 Å². The molecule has 0 aliphatic carbocycles. The normalized spacial score (nSPS) is 10.9. The van der Waals surface area contributed by atoms with E-state index in [0.717, 1.165) is 24.8 Å². The van der Waals surface area contributed by atoms with Gasteiger partial charge in [-0.2, -0.15) is 4.98 Å². The molecule has 0 atom stereocenters. The fraction of sp³-hybridized carbons (Fsp3) is 0.471. The first-order valence-electron chi connectivity index (χ1n) is 8.05. The molecule has 0 aromatic carbocycles. The van der Waals surface area contributed by atoms with Gasteiger partial charge in [-0.15, -0.1) is 0 Å². The smallest absolute Gasteiger partial charge is 0.274 e. The van der Waals surface area contributed by atoms with E-state index < -0.39 is 17.3 Å². The molecule has 124 valence electrons. The Hall–Kier alpha value is -2.37. The Bertz CT molecular complexity index is 753. The number of aromatic hydroxyl groups is 1. The van der Waals surface area contributed by atoms with Gasteiger partial charge in [0.25, 0.3) is 11.5 Å². The average Bonchev–Trinajstić information content (AvgIpc) is 2.52. The molecule has 0 saturated heterocycles. The van der Waals surface area contributed by atoms with Crippen molar-refractivity contribution in [3.05, 3.63) is 39.8 Å². The number of hydrogen-bond donors (Lipinski definition) is 2. The summed E-state index contributed by atoms with van der Waals surface area (Å²) in [6.07, 6.45) is 6.92. The van der Waals surface area contributed by atoms with Crippen molar-refractivity contribution < 1.29 is 9.90 Å².